The Morgan fingerprint density at radius 3 is 2.63 bits per heavy atom. The van der Waals surface area contributed by atoms with Gasteiger partial charge in [0.1, 0.15) is 12.4 Å². The summed E-state index contributed by atoms with van der Waals surface area (Å²) in [5.41, 5.74) is 1.47. The maximum Gasteiger partial charge on any atom is 0.124 e. The SMILES string of the molecule is CC(C)N(CCO)Cc1ccc(F)cc1C#CCO. The molecule has 0 bridgehead atoms. The first-order valence-electron chi connectivity index (χ1n) is 6.31. The van der Waals surface area contributed by atoms with E-state index in [9.17, 15) is 4.39 Å². The molecule has 0 aliphatic heterocycles. The van der Waals surface area contributed by atoms with Crippen LogP contribution in [0.1, 0.15) is 25.0 Å². The van der Waals surface area contributed by atoms with E-state index >= 15 is 0 Å². The average Bonchev–Trinajstić information content (AvgIpc) is 2.37. The molecule has 0 aliphatic carbocycles. The smallest absolute Gasteiger partial charge is 0.124 e. The third-order valence-corrected chi connectivity index (χ3v) is 2.86. The van der Waals surface area contributed by atoms with E-state index in [0.29, 0.717) is 18.7 Å². The predicted molar refractivity (Wildman–Crippen MR) is 73.0 cm³/mol. The molecule has 19 heavy (non-hydrogen) atoms. The number of hydrogen-bond donors (Lipinski definition) is 2. The summed E-state index contributed by atoms with van der Waals surface area (Å²) in [5.74, 6) is 4.96. The molecule has 2 N–H and O–H groups in total. The normalized spacial score (nSPS) is 10.7. The van der Waals surface area contributed by atoms with Gasteiger partial charge in [0.25, 0.3) is 0 Å². The second-order valence-electron chi connectivity index (χ2n) is 4.55. The van der Waals surface area contributed by atoms with E-state index in [1.165, 1.54) is 12.1 Å². The lowest BCUT2D eigenvalue weighted by Gasteiger charge is -2.26. The summed E-state index contributed by atoms with van der Waals surface area (Å²) in [6.45, 7) is 5.06. The van der Waals surface area contributed by atoms with Crippen molar-refractivity contribution in [2.24, 2.45) is 0 Å². The number of halogens is 1. The van der Waals surface area contributed by atoms with Crippen LogP contribution >= 0.6 is 0 Å². The van der Waals surface area contributed by atoms with Crippen LogP contribution in [0.15, 0.2) is 18.2 Å². The van der Waals surface area contributed by atoms with Gasteiger partial charge >= 0.3 is 0 Å². The summed E-state index contributed by atoms with van der Waals surface area (Å²) in [6.07, 6.45) is 0. The van der Waals surface area contributed by atoms with E-state index in [2.05, 4.69) is 16.7 Å². The monoisotopic (exact) mass is 265 g/mol. The van der Waals surface area contributed by atoms with Gasteiger partial charge in [-0.15, -0.1) is 0 Å². The lowest BCUT2D eigenvalue weighted by molar-refractivity contribution is 0.159. The summed E-state index contributed by atoms with van der Waals surface area (Å²) < 4.78 is 13.2. The molecular weight excluding hydrogens is 245 g/mol. The van der Waals surface area contributed by atoms with Gasteiger partial charge in [0.05, 0.1) is 6.61 Å². The van der Waals surface area contributed by atoms with Crippen LogP contribution in [-0.4, -0.2) is 40.9 Å². The van der Waals surface area contributed by atoms with Crippen LogP contribution in [0.5, 0.6) is 0 Å². The van der Waals surface area contributed by atoms with Crippen LogP contribution in [0.25, 0.3) is 0 Å². The fraction of sp³-hybridized carbons (Fsp3) is 0.467. The minimum absolute atomic E-state index is 0.0804. The maximum absolute atomic E-state index is 13.2. The zero-order chi connectivity index (χ0) is 14.3. The zero-order valence-corrected chi connectivity index (χ0v) is 11.4. The molecule has 0 fully saturated rings. The first-order chi connectivity index (χ1) is 9.08. The second kappa shape index (κ2) is 7.90. The molecule has 1 rings (SSSR count). The minimum Gasteiger partial charge on any atom is -0.395 e. The summed E-state index contributed by atoms with van der Waals surface area (Å²) in [5, 5.41) is 17.8. The van der Waals surface area contributed by atoms with E-state index in [-0.39, 0.29) is 25.1 Å². The lowest BCUT2D eigenvalue weighted by atomic mass is 10.1. The van der Waals surface area contributed by atoms with Crippen molar-refractivity contribution >= 4 is 0 Å². The molecule has 104 valence electrons. The average molecular weight is 265 g/mol. The lowest BCUT2D eigenvalue weighted by Crippen LogP contribution is -2.33. The molecule has 1 aromatic carbocycles. The molecule has 0 heterocycles. The van der Waals surface area contributed by atoms with Crippen LogP contribution in [0, 0.1) is 17.7 Å². The summed E-state index contributed by atoms with van der Waals surface area (Å²) >= 11 is 0. The number of rotatable bonds is 5. The van der Waals surface area contributed by atoms with Gasteiger partial charge < -0.3 is 10.2 Å². The third kappa shape index (κ3) is 4.99. The Balaban J connectivity index is 2.98. The maximum atomic E-state index is 13.2. The van der Waals surface area contributed by atoms with Crippen LogP contribution < -0.4 is 0 Å². The van der Waals surface area contributed by atoms with Crippen molar-refractivity contribution in [3.05, 3.63) is 35.1 Å². The number of aliphatic hydroxyl groups is 2. The molecule has 0 radical (unpaired) electrons. The van der Waals surface area contributed by atoms with Gasteiger partial charge in [-0.2, -0.15) is 0 Å². The molecule has 0 spiro atoms. The second-order valence-corrected chi connectivity index (χ2v) is 4.55. The molecule has 3 nitrogen and oxygen atoms in total. The zero-order valence-electron chi connectivity index (χ0n) is 11.4. The van der Waals surface area contributed by atoms with Crippen molar-refractivity contribution < 1.29 is 14.6 Å². The van der Waals surface area contributed by atoms with E-state index in [1.807, 2.05) is 13.8 Å². The van der Waals surface area contributed by atoms with E-state index in [0.717, 1.165) is 5.56 Å². The minimum atomic E-state index is -0.343. The van der Waals surface area contributed by atoms with Crippen LogP contribution in [0.2, 0.25) is 0 Å². The first kappa shape index (κ1) is 15.6. The quantitative estimate of drug-likeness (QED) is 0.790. The van der Waals surface area contributed by atoms with Gasteiger partial charge in [0, 0.05) is 24.7 Å². The Hall–Kier alpha value is -1.41. The number of hydrogen-bond acceptors (Lipinski definition) is 3. The molecule has 0 atom stereocenters. The Labute approximate surface area is 113 Å². The molecule has 0 amide bonds. The van der Waals surface area contributed by atoms with Crippen molar-refractivity contribution in [1.29, 1.82) is 0 Å². The van der Waals surface area contributed by atoms with Crippen LogP contribution in [0.3, 0.4) is 0 Å². The fourth-order valence-corrected chi connectivity index (χ4v) is 1.80. The molecule has 0 aromatic heterocycles. The van der Waals surface area contributed by atoms with Gasteiger partial charge in [-0.25, -0.2) is 4.39 Å². The summed E-state index contributed by atoms with van der Waals surface area (Å²) in [7, 11) is 0. The third-order valence-electron chi connectivity index (χ3n) is 2.86. The van der Waals surface area contributed by atoms with Gasteiger partial charge in [0.15, 0.2) is 0 Å². The Morgan fingerprint density at radius 1 is 1.32 bits per heavy atom. The van der Waals surface area contributed by atoms with E-state index in [1.54, 1.807) is 6.07 Å². The topological polar surface area (TPSA) is 43.7 Å². The summed E-state index contributed by atoms with van der Waals surface area (Å²) in [4.78, 5) is 2.08. The first-order valence-corrected chi connectivity index (χ1v) is 6.31. The van der Waals surface area contributed by atoms with Gasteiger partial charge in [0.2, 0.25) is 0 Å². The number of nitrogens with zero attached hydrogens (tertiary/aromatic N) is 1. The van der Waals surface area contributed by atoms with Crippen molar-refractivity contribution in [2.45, 2.75) is 26.4 Å². The van der Waals surface area contributed by atoms with Crippen molar-refractivity contribution in [3.63, 3.8) is 0 Å². The largest absolute Gasteiger partial charge is 0.395 e. The molecular formula is C15H20FNO2. The van der Waals surface area contributed by atoms with Crippen molar-refractivity contribution in [3.8, 4) is 11.8 Å². The van der Waals surface area contributed by atoms with Gasteiger partial charge in [-0.3, -0.25) is 4.90 Å². The Kier molecular flexibility index (Phi) is 6.51. The van der Waals surface area contributed by atoms with Crippen LogP contribution in [0.4, 0.5) is 4.39 Å². The molecule has 0 aliphatic rings. The van der Waals surface area contributed by atoms with Gasteiger partial charge in [-0.1, -0.05) is 17.9 Å². The highest BCUT2D eigenvalue weighted by Gasteiger charge is 2.12. The highest BCUT2D eigenvalue weighted by molar-refractivity contribution is 5.41. The summed E-state index contributed by atoms with van der Waals surface area (Å²) in [6, 6.07) is 4.74. The predicted octanol–water partition coefficient (Wildman–Crippen LogP) is 1.37. The fourth-order valence-electron chi connectivity index (χ4n) is 1.80. The molecule has 0 saturated carbocycles. The van der Waals surface area contributed by atoms with Crippen molar-refractivity contribution in [1.82, 2.24) is 4.90 Å². The highest BCUT2D eigenvalue weighted by atomic mass is 19.1. The number of aliphatic hydroxyl groups excluding tert-OH is 2. The van der Waals surface area contributed by atoms with E-state index in [4.69, 9.17) is 10.2 Å². The number of benzene rings is 1. The Morgan fingerprint density at radius 2 is 2.05 bits per heavy atom. The van der Waals surface area contributed by atoms with Gasteiger partial charge in [-0.05, 0) is 31.5 Å². The Bertz CT molecular complexity index is 463. The molecule has 1 aromatic rings. The standard InChI is InChI=1S/C15H20FNO2/c1-12(2)17(7-9-19)11-14-5-6-15(16)10-13(14)4-3-8-18/h5-6,10,12,18-19H,7-9,11H2,1-2H3. The van der Waals surface area contributed by atoms with E-state index < -0.39 is 0 Å². The molecule has 0 saturated heterocycles. The molecule has 4 heteroatoms. The highest BCUT2D eigenvalue weighted by Crippen LogP contribution is 2.14. The van der Waals surface area contributed by atoms with Crippen LogP contribution in [-0.2, 0) is 6.54 Å². The molecule has 0 unspecified atom stereocenters. The van der Waals surface area contributed by atoms with Crippen molar-refractivity contribution in [2.75, 3.05) is 19.8 Å².